The van der Waals surface area contributed by atoms with Crippen LogP contribution >= 0.6 is 0 Å². The summed E-state index contributed by atoms with van der Waals surface area (Å²) in [5.41, 5.74) is 4.29. The molecule has 0 spiro atoms. The van der Waals surface area contributed by atoms with E-state index in [0.717, 1.165) is 22.2 Å². The Morgan fingerprint density at radius 2 is 1.80 bits per heavy atom. The van der Waals surface area contributed by atoms with Gasteiger partial charge in [-0.3, -0.25) is 4.98 Å². The molecule has 1 aromatic carbocycles. The third kappa shape index (κ3) is 2.38. The third-order valence-electron chi connectivity index (χ3n) is 3.39. The van der Waals surface area contributed by atoms with Crippen molar-refractivity contribution in [2.75, 3.05) is 7.05 Å². The van der Waals surface area contributed by atoms with E-state index in [1.165, 1.54) is 5.56 Å². The van der Waals surface area contributed by atoms with Crippen molar-refractivity contribution >= 4 is 10.9 Å². The average Bonchev–Trinajstić information content (AvgIpc) is 2.49. The molecule has 0 aliphatic rings. The minimum Gasteiger partial charge on any atom is -0.309 e. The lowest BCUT2D eigenvalue weighted by molar-refractivity contribution is 0.685. The summed E-state index contributed by atoms with van der Waals surface area (Å²) in [5.74, 6) is 0. The van der Waals surface area contributed by atoms with Gasteiger partial charge in [0.05, 0.1) is 11.6 Å². The van der Waals surface area contributed by atoms with Crippen molar-refractivity contribution in [2.45, 2.75) is 13.0 Å². The average molecular weight is 264 g/mol. The first-order valence-corrected chi connectivity index (χ1v) is 6.57. The molecule has 1 unspecified atom stereocenters. The largest absolute Gasteiger partial charge is 0.309 e. The molecule has 0 radical (unpaired) electrons. The minimum atomic E-state index is 0.0851. The van der Waals surface area contributed by atoms with Gasteiger partial charge < -0.3 is 5.32 Å². The molecule has 0 aliphatic carbocycles. The second kappa shape index (κ2) is 5.35. The highest BCUT2D eigenvalue weighted by Crippen LogP contribution is 2.24. The smallest absolute Gasteiger partial charge is 0.115 e. The zero-order chi connectivity index (χ0) is 13.9. The number of aromatic nitrogens is 3. The first-order valence-electron chi connectivity index (χ1n) is 6.57. The second-order valence-electron chi connectivity index (χ2n) is 4.80. The summed E-state index contributed by atoms with van der Waals surface area (Å²) in [6.45, 7) is 2.01. The standard InChI is InChI=1S/C16H16N4/c1-11-3-4-12-7-13(5-6-15(12)20-11)16(17-2)14-8-18-10-19-9-14/h3-10,16-17H,1-2H3. The molecule has 0 saturated heterocycles. The number of aryl methyl sites for hydroxylation is 1. The van der Waals surface area contributed by atoms with E-state index in [2.05, 4.69) is 44.5 Å². The van der Waals surface area contributed by atoms with E-state index in [4.69, 9.17) is 0 Å². The quantitative estimate of drug-likeness (QED) is 0.790. The molecule has 0 aliphatic heterocycles. The van der Waals surface area contributed by atoms with Gasteiger partial charge >= 0.3 is 0 Å². The molecular weight excluding hydrogens is 248 g/mol. The predicted molar refractivity (Wildman–Crippen MR) is 79.4 cm³/mol. The zero-order valence-corrected chi connectivity index (χ0v) is 11.5. The second-order valence-corrected chi connectivity index (χ2v) is 4.80. The highest BCUT2D eigenvalue weighted by atomic mass is 14.9. The van der Waals surface area contributed by atoms with Gasteiger partial charge in [0.15, 0.2) is 0 Å². The zero-order valence-electron chi connectivity index (χ0n) is 11.5. The Kier molecular flexibility index (Phi) is 3.39. The third-order valence-corrected chi connectivity index (χ3v) is 3.39. The van der Waals surface area contributed by atoms with Crippen LogP contribution in [0, 0.1) is 6.92 Å². The molecular formula is C16H16N4. The first-order chi connectivity index (χ1) is 9.78. The normalized spacial score (nSPS) is 12.5. The van der Waals surface area contributed by atoms with Gasteiger partial charge in [0.1, 0.15) is 6.33 Å². The van der Waals surface area contributed by atoms with Gasteiger partial charge in [0, 0.05) is 29.0 Å². The summed E-state index contributed by atoms with van der Waals surface area (Å²) in [6.07, 6.45) is 5.22. The van der Waals surface area contributed by atoms with Crippen molar-refractivity contribution in [1.82, 2.24) is 20.3 Å². The summed E-state index contributed by atoms with van der Waals surface area (Å²) in [5, 5.41) is 4.45. The molecule has 0 amide bonds. The molecule has 1 N–H and O–H groups in total. The molecule has 2 aromatic heterocycles. The van der Waals surface area contributed by atoms with Crippen LogP contribution in [0.4, 0.5) is 0 Å². The Morgan fingerprint density at radius 1 is 1.00 bits per heavy atom. The number of rotatable bonds is 3. The molecule has 0 bridgehead atoms. The van der Waals surface area contributed by atoms with E-state index in [0.29, 0.717) is 0 Å². The van der Waals surface area contributed by atoms with Gasteiger partial charge in [0.25, 0.3) is 0 Å². The van der Waals surface area contributed by atoms with Gasteiger partial charge in [-0.25, -0.2) is 9.97 Å². The molecule has 20 heavy (non-hydrogen) atoms. The van der Waals surface area contributed by atoms with Crippen LogP contribution in [0.3, 0.4) is 0 Å². The Labute approximate surface area is 117 Å². The molecule has 1 atom stereocenters. The summed E-state index contributed by atoms with van der Waals surface area (Å²) < 4.78 is 0. The van der Waals surface area contributed by atoms with Gasteiger partial charge in [0.2, 0.25) is 0 Å². The topological polar surface area (TPSA) is 50.7 Å². The van der Waals surface area contributed by atoms with Gasteiger partial charge in [-0.2, -0.15) is 0 Å². The highest BCUT2D eigenvalue weighted by Gasteiger charge is 2.13. The van der Waals surface area contributed by atoms with Crippen LogP contribution in [0.1, 0.15) is 22.9 Å². The van der Waals surface area contributed by atoms with Crippen molar-refractivity contribution in [3.05, 3.63) is 65.9 Å². The monoisotopic (exact) mass is 264 g/mol. The fourth-order valence-corrected chi connectivity index (χ4v) is 2.41. The van der Waals surface area contributed by atoms with Crippen LogP contribution in [-0.4, -0.2) is 22.0 Å². The van der Waals surface area contributed by atoms with Gasteiger partial charge in [-0.1, -0.05) is 12.1 Å². The van der Waals surface area contributed by atoms with Gasteiger partial charge in [-0.05, 0) is 37.7 Å². The summed E-state index contributed by atoms with van der Waals surface area (Å²) in [6, 6.07) is 10.5. The number of fused-ring (bicyclic) bond motifs is 1. The first kappa shape index (κ1) is 12.7. The molecule has 0 fully saturated rings. The molecule has 3 aromatic rings. The van der Waals surface area contributed by atoms with Crippen molar-refractivity contribution in [3.8, 4) is 0 Å². The number of benzene rings is 1. The highest BCUT2D eigenvalue weighted by molar-refractivity contribution is 5.79. The van der Waals surface area contributed by atoms with E-state index in [1.807, 2.05) is 32.4 Å². The number of hydrogen-bond acceptors (Lipinski definition) is 4. The minimum absolute atomic E-state index is 0.0851. The number of pyridine rings is 1. The predicted octanol–water partition coefficient (Wildman–Crippen LogP) is 2.64. The molecule has 100 valence electrons. The lowest BCUT2D eigenvalue weighted by Gasteiger charge is -2.16. The number of nitrogens with one attached hydrogen (secondary N) is 1. The molecule has 2 heterocycles. The molecule has 3 rings (SSSR count). The molecule has 0 saturated carbocycles. The van der Waals surface area contributed by atoms with Crippen molar-refractivity contribution in [2.24, 2.45) is 0 Å². The van der Waals surface area contributed by atoms with E-state index in [1.54, 1.807) is 6.33 Å². The summed E-state index contributed by atoms with van der Waals surface area (Å²) in [7, 11) is 1.94. The van der Waals surface area contributed by atoms with Crippen LogP contribution in [0.2, 0.25) is 0 Å². The fourth-order valence-electron chi connectivity index (χ4n) is 2.41. The lowest BCUT2D eigenvalue weighted by Crippen LogP contribution is -2.18. The Balaban J connectivity index is 2.06. The summed E-state index contributed by atoms with van der Waals surface area (Å²) in [4.78, 5) is 12.7. The Hall–Kier alpha value is -2.33. The Bertz CT molecular complexity index is 725. The van der Waals surface area contributed by atoms with Crippen LogP contribution in [0.5, 0.6) is 0 Å². The van der Waals surface area contributed by atoms with E-state index >= 15 is 0 Å². The molecule has 4 nitrogen and oxygen atoms in total. The Morgan fingerprint density at radius 3 is 2.55 bits per heavy atom. The molecule has 4 heteroatoms. The maximum absolute atomic E-state index is 4.53. The van der Waals surface area contributed by atoms with E-state index in [9.17, 15) is 0 Å². The van der Waals surface area contributed by atoms with Crippen molar-refractivity contribution < 1.29 is 0 Å². The van der Waals surface area contributed by atoms with Gasteiger partial charge in [-0.15, -0.1) is 0 Å². The SMILES string of the molecule is CNC(c1cncnc1)c1ccc2nc(C)ccc2c1. The maximum atomic E-state index is 4.53. The fraction of sp³-hybridized carbons (Fsp3) is 0.188. The maximum Gasteiger partial charge on any atom is 0.115 e. The number of nitrogens with zero attached hydrogens (tertiary/aromatic N) is 3. The summed E-state index contributed by atoms with van der Waals surface area (Å²) >= 11 is 0. The van der Waals surface area contributed by atoms with Crippen LogP contribution in [0.25, 0.3) is 10.9 Å². The van der Waals surface area contributed by atoms with Crippen molar-refractivity contribution in [1.29, 1.82) is 0 Å². The van der Waals surface area contributed by atoms with E-state index < -0.39 is 0 Å². The van der Waals surface area contributed by atoms with Crippen LogP contribution in [-0.2, 0) is 0 Å². The number of hydrogen-bond donors (Lipinski definition) is 1. The van der Waals surface area contributed by atoms with E-state index in [-0.39, 0.29) is 6.04 Å². The van der Waals surface area contributed by atoms with Crippen LogP contribution in [0.15, 0.2) is 49.1 Å². The van der Waals surface area contributed by atoms with Crippen molar-refractivity contribution in [3.63, 3.8) is 0 Å². The van der Waals surface area contributed by atoms with Crippen LogP contribution < -0.4 is 5.32 Å². The lowest BCUT2D eigenvalue weighted by atomic mass is 9.99.